The van der Waals surface area contributed by atoms with Crippen molar-refractivity contribution in [2.24, 2.45) is 47.3 Å². The molecule has 0 saturated carbocycles. The molecule has 6 atom stereocenters. The predicted molar refractivity (Wildman–Crippen MR) is 233 cm³/mol. The van der Waals surface area contributed by atoms with Gasteiger partial charge in [-0.05, 0) is 23.7 Å². The normalized spacial score (nSPS) is 17.1. The van der Waals surface area contributed by atoms with Gasteiger partial charge in [-0.2, -0.15) is 0 Å². The molecule has 52 heavy (non-hydrogen) atoms. The zero-order valence-corrected chi connectivity index (χ0v) is 42.5. The summed E-state index contributed by atoms with van der Waals surface area (Å²) >= 11 is -1.58. The van der Waals surface area contributed by atoms with Crippen molar-refractivity contribution in [2.75, 3.05) is 19.8 Å². The molecule has 0 spiro atoms. The first-order valence-corrected chi connectivity index (χ1v) is 30.8. The van der Waals surface area contributed by atoms with Crippen LogP contribution in [-0.4, -0.2) is 33.3 Å². The molecule has 0 rings (SSSR count). The second-order valence-corrected chi connectivity index (χ2v) is 32.0. The summed E-state index contributed by atoms with van der Waals surface area (Å²) in [6, 6.07) is 0. The third-order valence-electron chi connectivity index (χ3n) is 11.4. The summed E-state index contributed by atoms with van der Waals surface area (Å²) < 4.78 is 26.0. The third-order valence-corrected chi connectivity index (χ3v) is 16.3. The Kier molecular flexibility index (Phi) is 35.6. The first-order valence-electron chi connectivity index (χ1n) is 22.3. The van der Waals surface area contributed by atoms with Crippen LogP contribution in [0.1, 0.15) is 198 Å². The van der Waals surface area contributed by atoms with E-state index < -0.39 is 21.3 Å². The number of hydrogen-bond acceptors (Lipinski definition) is 3. The van der Waals surface area contributed by atoms with E-state index >= 15 is 0 Å². The van der Waals surface area contributed by atoms with E-state index in [2.05, 4.69) is 91.5 Å². The Labute approximate surface area is 348 Å². The van der Waals surface area contributed by atoms with Crippen LogP contribution >= 0.6 is 7.75 Å². The van der Waals surface area contributed by atoms with E-state index in [9.17, 15) is 4.57 Å². The molecular weight excluding hydrogens is 835 g/mol. The first kappa shape index (κ1) is 55.5. The Morgan fingerprint density at radius 1 is 0.442 bits per heavy atom. The van der Waals surface area contributed by atoms with Crippen LogP contribution in [-0.2, 0) is 13.6 Å². The molecule has 0 heterocycles. The fraction of sp³-hybridized carbons (Fsp3) is 1.00. The van der Waals surface area contributed by atoms with E-state index in [0.29, 0.717) is 25.0 Å². The van der Waals surface area contributed by atoms with Gasteiger partial charge in [0, 0.05) is 0 Å². The Bertz CT molecular complexity index is 784. The maximum absolute atomic E-state index is 13.8. The predicted octanol–water partition coefficient (Wildman–Crippen LogP) is 13.0. The van der Waals surface area contributed by atoms with Crippen LogP contribution in [0.15, 0.2) is 0 Å². The van der Waals surface area contributed by atoms with Gasteiger partial charge in [-0.25, -0.2) is 0 Å². The van der Waals surface area contributed by atoms with Crippen molar-refractivity contribution < 1.29 is 37.6 Å². The van der Waals surface area contributed by atoms with Crippen LogP contribution < -0.4 is 29.1 Å². The zero-order valence-electron chi connectivity index (χ0n) is 37.6. The first-order chi connectivity index (χ1) is 23.9. The molecule has 0 bridgehead atoms. The monoisotopic (exact) mass is 932 g/mol. The number of hydrogen-bond donors (Lipinski definition) is 1. The van der Waals surface area contributed by atoms with Crippen molar-refractivity contribution >= 4 is 21.3 Å². The van der Waals surface area contributed by atoms with Gasteiger partial charge in [0.25, 0.3) is 0 Å². The minimum absolute atomic E-state index is 0. The van der Waals surface area contributed by atoms with Gasteiger partial charge in [0.15, 0.2) is 0 Å². The number of nitrogens with one attached hydrogen (secondary N) is 1. The van der Waals surface area contributed by atoms with Crippen molar-refractivity contribution in [1.29, 1.82) is 0 Å². The Balaban J connectivity index is 0. The van der Waals surface area contributed by atoms with Crippen LogP contribution in [0.3, 0.4) is 0 Å². The van der Waals surface area contributed by atoms with Gasteiger partial charge in [0.2, 0.25) is 0 Å². The summed E-state index contributed by atoms with van der Waals surface area (Å²) in [5.41, 5.74) is 7.17. The topological polar surface area (TPSA) is 47.6 Å². The van der Waals surface area contributed by atoms with Crippen LogP contribution in [0.5, 0.6) is 0 Å². The molecule has 0 aromatic rings. The summed E-state index contributed by atoms with van der Waals surface area (Å²) in [5, 5.41) is 4.36. The second kappa shape index (κ2) is 33.4. The van der Waals surface area contributed by atoms with E-state index in [-0.39, 0.29) is 24.0 Å². The summed E-state index contributed by atoms with van der Waals surface area (Å²) in [6.45, 7) is 25.5. The summed E-state index contributed by atoms with van der Waals surface area (Å²) in [5.74, 6) is 6.22. The van der Waals surface area contributed by atoms with Crippen molar-refractivity contribution in [2.45, 2.75) is 220 Å². The smallest absolute Gasteiger partial charge is 1.00 e. The van der Waals surface area contributed by atoms with Gasteiger partial charge in [-0.15, -0.1) is 0 Å². The SMILES string of the molecule is CC(C)CCCC(C)CCCC(C)CCCC(C)CCOP(=O)(NCC[As+](C)(C)C)OCCC(C)CCCC(C)CCCC(C)CCCC(C)C.[I-]. The van der Waals surface area contributed by atoms with Crippen molar-refractivity contribution in [1.82, 2.24) is 5.09 Å². The fourth-order valence-electron chi connectivity index (χ4n) is 7.27. The molecule has 0 aliphatic heterocycles. The molecule has 0 aliphatic rings. The Morgan fingerprint density at radius 3 is 0.942 bits per heavy atom. The van der Waals surface area contributed by atoms with Gasteiger partial charge in [-0.1, -0.05) is 132 Å². The molecule has 4 nitrogen and oxygen atoms in total. The van der Waals surface area contributed by atoms with Gasteiger partial charge >= 0.3 is 171 Å². The quantitative estimate of drug-likeness (QED) is 0.0386. The average Bonchev–Trinajstić information content (AvgIpc) is 3.00. The molecule has 1 N–H and O–H groups in total. The van der Waals surface area contributed by atoms with E-state index in [1.54, 1.807) is 0 Å². The average molecular weight is 932 g/mol. The summed E-state index contributed by atoms with van der Waals surface area (Å²) in [6.07, 6.45) is 26.2. The second-order valence-electron chi connectivity index (χ2n) is 19.7. The van der Waals surface area contributed by atoms with Gasteiger partial charge in [-0.3, -0.25) is 0 Å². The van der Waals surface area contributed by atoms with Gasteiger partial charge in [0.1, 0.15) is 0 Å². The summed E-state index contributed by atoms with van der Waals surface area (Å²) in [4.78, 5) is 0. The van der Waals surface area contributed by atoms with Crippen LogP contribution in [0.4, 0.5) is 0 Å². The van der Waals surface area contributed by atoms with Crippen molar-refractivity contribution in [3.63, 3.8) is 0 Å². The molecule has 0 aromatic heterocycles. The molecule has 0 saturated heterocycles. The van der Waals surface area contributed by atoms with Crippen LogP contribution in [0.25, 0.3) is 0 Å². The molecular formula is C45H96AsINO3P. The molecule has 0 fully saturated rings. The maximum atomic E-state index is 13.8. The van der Waals surface area contributed by atoms with E-state index in [1.165, 1.54) is 116 Å². The molecule has 0 radical (unpaired) electrons. The summed E-state index contributed by atoms with van der Waals surface area (Å²) in [7, 11) is -3.29. The minimum atomic E-state index is -3.29. The molecule has 0 amide bonds. The number of halogens is 1. The van der Waals surface area contributed by atoms with Crippen LogP contribution in [0.2, 0.25) is 22.3 Å². The molecule has 316 valence electrons. The van der Waals surface area contributed by atoms with Crippen molar-refractivity contribution in [3.05, 3.63) is 0 Å². The molecule has 7 heteroatoms. The van der Waals surface area contributed by atoms with E-state index in [1.807, 2.05) is 0 Å². The van der Waals surface area contributed by atoms with E-state index in [0.717, 1.165) is 60.1 Å². The molecule has 6 unspecified atom stereocenters. The minimum Gasteiger partial charge on any atom is -1.00 e. The van der Waals surface area contributed by atoms with Gasteiger partial charge < -0.3 is 24.0 Å². The zero-order chi connectivity index (χ0) is 38.7. The van der Waals surface area contributed by atoms with Crippen molar-refractivity contribution in [3.8, 4) is 0 Å². The standard InChI is InChI=1S/C45H96AsNO3P.HI/c1-38(2)20-14-22-40(5)24-16-26-42(7)28-18-30-44(9)32-36-49-51(48,47-35-34-46(11,12)13)50-37-33-45(10)31-19-29-43(8)27-17-25-41(6)23-15-21-39(3)4;/h38-45H,14-37H2,1-13H3,(H,47,48);1H/q+1;/p-1. The number of rotatable bonds is 36. The fourth-order valence-corrected chi connectivity index (χ4v) is 10.6. The van der Waals surface area contributed by atoms with Crippen LogP contribution in [0, 0.1) is 47.3 Å². The van der Waals surface area contributed by atoms with E-state index in [4.69, 9.17) is 9.05 Å². The Morgan fingerprint density at radius 2 is 0.692 bits per heavy atom. The molecule has 0 aromatic carbocycles. The molecule has 0 aliphatic carbocycles. The Hall–Kier alpha value is 1.40. The van der Waals surface area contributed by atoms with Gasteiger partial charge in [0.05, 0.1) is 0 Å². The third kappa shape index (κ3) is 37.0.